The summed E-state index contributed by atoms with van der Waals surface area (Å²) in [6.45, 7) is 9.45. The molecule has 4 N–H and O–H groups in total. The average molecular weight is 270 g/mol. The Balaban J connectivity index is 2.47. The van der Waals surface area contributed by atoms with Gasteiger partial charge < -0.3 is 20.4 Å². The molecule has 0 bridgehead atoms. The molecule has 2 aliphatic carbocycles. The van der Waals surface area contributed by atoms with Crippen molar-refractivity contribution in [3.05, 3.63) is 12.2 Å². The van der Waals surface area contributed by atoms with Crippen LogP contribution in [-0.4, -0.2) is 44.3 Å². The van der Waals surface area contributed by atoms with Gasteiger partial charge in [0.15, 0.2) is 0 Å². The van der Waals surface area contributed by atoms with Gasteiger partial charge in [-0.25, -0.2) is 0 Å². The molecule has 2 rings (SSSR count). The van der Waals surface area contributed by atoms with Crippen LogP contribution < -0.4 is 0 Å². The molecular formula is C15H26O4. The summed E-state index contributed by atoms with van der Waals surface area (Å²) < 4.78 is 0. The van der Waals surface area contributed by atoms with Crippen LogP contribution >= 0.6 is 0 Å². The van der Waals surface area contributed by atoms with Crippen LogP contribution in [0.25, 0.3) is 0 Å². The van der Waals surface area contributed by atoms with Gasteiger partial charge in [-0.2, -0.15) is 0 Å². The van der Waals surface area contributed by atoms with Gasteiger partial charge in [0.2, 0.25) is 0 Å². The Morgan fingerprint density at radius 2 is 1.79 bits per heavy atom. The van der Waals surface area contributed by atoms with Crippen molar-refractivity contribution in [2.75, 3.05) is 0 Å². The highest BCUT2D eigenvalue weighted by Crippen LogP contribution is 2.58. The van der Waals surface area contributed by atoms with Crippen molar-refractivity contribution < 1.29 is 20.4 Å². The lowest BCUT2D eigenvalue weighted by Gasteiger charge is -2.40. The topological polar surface area (TPSA) is 80.9 Å². The van der Waals surface area contributed by atoms with E-state index in [0.29, 0.717) is 19.3 Å². The van der Waals surface area contributed by atoms with Gasteiger partial charge in [0.05, 0.1) is 17.8 Å². The van der Waals surface area contributed by atoms with Crippen LogP contribution in [0.15, 0.2) is 12.2 Å². The van der Waals surface area contributed by atoms with Gasteiger partial charge in [0.25, 0.3) is 0 Å². The minimum Gasteiger partial charge on any atom is -0.390 e. The largest absolute Gasteiger partial charge is 0.390 e. The fourth-order valence-electron chi connectivity index (χ4n) is 4.18. The fourth-order valence-corrected chi connectivity index (χ4v) is 4.18. The van der Waals surface area contributed by atoms with E-state index in [-0.39, 0.29) is 11.8 Å². The Morgan fingerprint density at radius 3 is 2.32 bits per heavy atom. The average Bonchev–Trinajstić information content (AvgIpc) is 2.42. The van der Waals surface area contributed by atoms with Crippen molar-refractivity contribution >= 4 is 0 Å². The van der Waals surface area contributed by atoms with E-state index < -0.39 is 29.3 Å². The smallest absolute Gasteiger partial charge is 0.110 e. The molecule has 2 aliphatic rings. The first-order chi connectivity index (χ1) is 8.65. The Hall–Kier alpha value is -0.420. The van der Waals surface area contributed by atoms with Crippen molar-refractivity contribution in [1.82, 2.24) is 0 Å². The van der Waals surface area contributed by atoms with E-state index in [4.69, 9.17) is 0 Å². The third-order valence-corrected chi connectivity index (χ3v) is 5.59. The van der Waals surface area contributed by atoms with Crippen molar-refractivity contribution in [3.63, 3.8) is 0 Å². The molecule has 0 aromatic carbocycles. The molecular weight excluding hydrogens is 244 g/mol. The van der Waals surface area contributed by atoms with Crippen LogP contribution in [0, 0.1) is 17.3 Å². The maximum Gasteiger partial charge on any atom is 0.110 e. The maximum atomic E-state index is 10.9. The van der Waals surface area contributed by atoms with E-state index in [1.54, 1.807) is 0 Å². The van der Waals surface area contributed by atoms with Crippen LogP contribution in [0.1, 0.15) is 40.0 Å². The Morgan fingerprint density at radius 1 is 1.21 bits per heavy atom. The van der Waals surface area contributed by atoms with Crippen molar-refractivity contribution in [3.8, 4) is 0 Å². The van der Waals surface area contributed by atoms with E-state index in [1.807, 2.05) is 20.8 Å². The summed E-state index contributed by atoms with van der Waals surface area (Å²) in [4.78, 5) is 0. The van der Waals surface area contributed by atoms with E-state index in [1.165, 1.54) is 0 Å². The first kappa shape index (κ1) is 15.0. The molecule has 2 saturated carbocycles. The zero-order chi connectivity index (χ0) is 14.6. The minimum atomic E-state index is -1.31. The quantitative estimate of drug-likeness (QED) is 0.532. The van der Waals surface area contributed by atoms with Crippen molar-refractivity contribution in [2.45, 2.75) is 63.9 Å². The molecule has 0 aliphatic heterocycles. The Bertz CT molecular complexity index is 380. The normalized spacial score (nSPS) is 51.3. The molecule has 0 aromatic rings. The lowest BCUT2D eigenvalue weighted by Crippen LogP contribution is -2.50. The van der Waals surface area contributed by atoms with Crippen LogP contribution in [0.4, 0.5) is 0 Å². The predicted molar refractivity (Wildman–Crippen MR) is 72.4 cm³/mol. The van der Waals surface area contributed by atoms with Crippen LogP contribution in [-0.2, 0) is 0 Å². The van der Waals surface area contributed by atoms with Crippen LogP contribution in [0.5, 0.6) is 0 Å². The SMILES string of the molecule is C=C1CC[C@H]2[C@](C)(C[C@H]1O)[C@@H](O)[C@@H](O)[C@]2(O)C(C)C. The van der Waals surface area contributed by atoms with Gasteiger partial charge in [-0.15, -0.1) is 0 Å². The maximum absolute atomic E-state index is 10.9. The van der Waals surface area contributed by atoms with Crippen molar-refractivity contribution in [1.29, 1.82) is 0 Å². The van der Waals surface area contributed by atoms with Crippen LogP contribution in [0.2, 0.25) is 0 Å². The lowest BCUT2D eigenvalue weighted by atomic mass is 9.68. The molecule has 2 fully saturated rings. The second kappa shape index (κ2) is 4.55. The highest BCUT2D eigenvalue weighted by atomic mass is 16.4. The van der Waals surface area contributed by atoms with Gasteiger partial charge >= 0.3 is 0 Å². The Kier molecular flexibility index (Phi) is 3.59. The Labute approximate surface area is 114 Å². The van der Waals surface area contributed by atoms with E-state index >= 15 is 0 Å². The first-order valence-corrected chi connectivity index (χ1v) is 7.10. The zero-order valence-electron chi connectivity index (χ0n) is 12.0. The summed E-state index contributed by atoms with van der Waals surface area (Å²) in [6.07, 6.45) is -1.27. The highest BCUT2D eigenvalue weighted by Gasteiger charge is 2.66. The van der Waals surface area contributed by atoms with Gasteiger partial charge in [-0.05, 0) is 36.7 Å². The van der Waals surface area contributed by atoms with E-state index in [9.17, 15) is 20.4 Å². The molecule has 110 valence electrons. The monoisotopic (exact) mass is 270 g/mol. The predicted octanol–water partition coefficient (Wildman–Crippen LogP) is 0.832. The minimum absolute atomic E-state index is 0.160. The van der Waals surface area contributed by atoms with Gasteiger partial charge in [0, 0.05) is 5.41 Å². The summed E-state index contributed by atoms with van der Waals surface area (Å²) in [7, 11) is 0. The number of hydrogen-bond acceptors (Lipinski definition) is 4. The third-order valence-electron chi connectivity index (χ3n) is 5.59. The molecule has 0 spiro atoms. The summed E-state index contributed by atoms with van der Waals surface area (Å²) >= 11 is 0. The van der Waals surface area contributed by atoms with E-state index in [2.05, 4.69) is 6.58 Å². The third kappa shape index (κ3) is 1.88. The molecule has 6 atom stereocenters. The first-order valence-electron chi connectivity index (χ1n) is 7.10. The van der Waals surface area contributed by atoms with Crippen molar-refractivity contribution in [2.24, 2.45) is 17.3 Å². The summed E-state index contributed by atoms with van der Waals surface area (Å²) in [6, 6.07) is 0. The van der Waals surface area contributed by atoms with Gasteiger partial charge in [-0.1, -0.05) is 27.4 Å². The zero-order valence-corrected chi connectivity index (χ0v) is 12.0. The molecule has 4 heteroatoms. The number of aliphatic hydroxyl groups excluding tert-OH is 3. The lowest BCUT2D eigenvalue weighted by molar-refractivity contribution is -0.132. The van der Waals surface area contributed by atoms with E-state index in [0.717, 1.165) is 5.57 Å². The molecule has 0 saturated heterocycles. The van der Waals surface area contributed by atoms with Gasteiger partial charge in [0.1, 0.15) is 6.10 Å². The summed E-state index contributed by atoms with van der Waals surface area (Å²) in [5.74, 6) is -0.397. The molecule has 19 heavy (non-hydrogen) atoms. The second-order valence-electron chi connectivity index (χ2n) is 6.91. The standard InChI is InChI=1S/C15H26O4/c1-8(2)15(19)11-6-5-9(3)10(16)7-14(11,4)12(17)13(15)18/h8,10-13,16-19H,3,5-7H2,1-2,4H3/t10-,11+,12+,13-,14+,15+/m1/s1. The van der Waals surface area contributed by atoms with Crippen LogP contribution in [0.3, 0.4) is 0 Å². The summed E-state index contributed by atoms with van der Waals surface area (Å²) in [5.41, 5.74) is -1.24. The highest BCUT2D eigenvalue weighted by molar-refractivity contribution is 5.20. The molecule has 0 radical (unpaired) electrons. The molecule has 0 amide bonds. The summed E-state index contributed by atoms with van der Waals surface area (Å²) in [5, 5.41) is 41.8. The number of fused-ring (bicyclic) bond motifs is 1. The number of aliphatic hydroxyl groups is 4. The molecule has 0 aromatic heterocycles. The second-order valence-corrected chi connectivity index (χ2v) is 6.91. The number of rotatable bonds is 1. The molecule has 4 nitrogen and oxygen atoms in total. The fraction of sp³-hybridized carbons (Fsp3) is 0.867. The number of hydrogen-bond donors (Lipinski definition) is 4. The molecule has 0 heterocycles. The van der Waals surface area contributed by atoms with Gasteiger partial charge in [-0.3, -0.25) is 0 Å². The molecule has 0 unspecified atom stereocenters.